The molecular formula is C16H9ClFNOS2. The van der Waals surface area contributed by atoms with Crippen LogP contribution in [0.3, 0.4) is 0 Å². The molecule has 0 unspecified atom stereocenters. The van der Waals surface area contributed by atoms with Crippen LogP contribution in [0.5, 0.6) is 0 Å². The maximum absolute atomic E-state index is 13.3. The van der Waals surface area contributed by atoms with Gasteiger partial charge in [0.05, 0.1) is 15.6 Å². The van der Waals surface area contributed by atoms with Crippen molar-refractivity contribution in [1.82, 2.24) is 0 Å². The van der Waals surface area contributed by atoms with Crippen molar-refractivity contribution < 1.29 is 9.18 Å². The van der Waals surface area contributed by atoms with Gasteiger partial charge in [0.1, 0.15) is 5.82 Å². The molecule has 2 aromatic rings. The van der Waals surface area contributed by atoms with Crippen molar-refractivity contribution in [3.05, 3.63) is 69.8 Å². The number of anilines is 1. The molecule has 0 saturated carbocycles. The zero-order valence-electron chi connectivity index (χ0n) is 11.1. The Kier molecular flexibility index (Phi) is 4.29. The Bertz CT molecular complexity index is 792. The Balaban J connectivity index is 1.95. The van der Waals surface area contributed by atoms with Crippen LogP contribution in [0.2, 0.25) is 5.02 Å². The van der Waals surface area contributed by atoms with Crippen LogP contribution in [0.1, 0.15) is 5.56 Å². The molecule has 1 aliphatic rings. The van der Waals surface area contributed by atoms with Crippen molar-refractivity contribution in [2.45, 2.75) is 0 Å². The summed E-state index contributed by atoms with van der Waals surface area (Å²) in [5.41, 5.74) is 1.38. The lowest BCUT2D eigenvalue weighted by Crippen LogP contribution is -2.27. The van der Waals surface area contributed by atoms with Crippen LogP contribution in [0.25, 0.3) is 6.08 Å². The van der Waals surface area contributed by atoms with E-state index in [9.17, 15) is 9.18 Å². The largest absolute Gasteiger partial charge is 0.270 e. The van der Waals surface area contributed by atoms with E-state index in [-0.39, 0.29) is 10.9 Å². The molecule has 0 aliphatic carbocycles. The molecular weight excluding hydrogens is 341 g/mol. The van der Waals surface area contributed by atoms with Gasteiger partial charge in [0.2, 0.25) is 0 Å². The zero-order valence-corrected chi connectivity index (χ0v) is 13.5. The molecule has 2 aromatic carbocycles. The Labute approximate surface area is 141 Å². The molecule has 1 saturated heterocycles. The smallest absolute Gasteiger partial charge is 0.268 e. The number of carbonyl (C=O) groups excluding carboxylic acids is 1. The highest BCUT2D eigenvalue weighted by Crippen LogP contribution is 2.37. The third kappa shape index (κ3) is 2.92. The lowest BCUT2D eigenvalue weighted by molar-refractivity contribution is -0.113. The van der Waals surface area contributed by atoms with Crippen LogP contribution in [0.15, 0.2) is 53.4 Å². The van der Waals surface area contributed by atoms with E-state index in [4.69, 9.17) is 23.8 Å². The normalized spacial score (nSPS) is 16.6. The minimum atomic E-state index is -0.532. The predicted octanol–water partition coefficient (Wildman–Crippen LogP) is 4.88. The molecule has 2 nitrogen and oxygen atoms in total. The molecule has 0 aromatic heterocycles. The molecule has 3 rings (SSSR count). The summed E-state index contributed by atoms with van der Waals surface area (Å²) in [6.07, 6.45) is 1.78. The summed E-state index contributed by atoms with van der Waals surface area (Å²) >= 11 is 12.2. The number of rotatable bonds is 2. The lowest BCUT2D eigenvalue weighted by Gasteiger charge is -2.14. The summed E-state index contributed by atoms with van der Waals surface area (Å²) in [7, 11) is 0. The molecule has 1 amide bonds. The number of benzene rings is 2. The van der Waals surface area contributed by atoms with E-state index in [1.54, 1.807) is 6.08 Å². The van der Waals surface area contributed by atoms with Gasteiger partial charge in [-0.2, -0.15) is 0 Å². The van der Waals surface area contributed by atoms with E-state index in [0.717, 1.165) is 5.56 Å². The van der Waals surface area contributed by atoms with Gasteiger partial charge in [-0.1, -0.05) is 65.9 Å². The average Bonchev–Trinajstić information content (AvgIpc) is 2.78. The second kappa shape index (κ2) is 6.20. The third-order valence-electron chi connectivity index (χ3n) is 3.05. The van der Waals surface area contributed by atoms with Crippen LogP contribution in [-0.2, 0) is 4.79 Å². The predicted molar refractivity (Wildman–Crippen MR) is 93.5 cm³/mol. The fourth-order valence-electron chi connectivity index (χ4n) is 2.02. The summed E-state index contributed by atoms with van der Waals surface area (Å²) < 4.78 is 13.7. The number of hydrogen-bond donors (Lipinski definition) is 0. The van der Waals surface area contributed by atoms with Gasteiger partial charge < -0.3 is 0 Å². The van der Waals surface area contributed by atoms with Gasteiger partial charge in [0.25, 0.3) is 5.91 Å². The molecule has 6 heteroatoms. The molecule has 110 valence electrons. The molecule has 22 heavy (non-hydrogen) atoms. The van der Waals surface area contributed by atoms with Crippen molar-refractivity contribution >= 4 is 57.6 Å². The molecule has 0 radical (unpaired) electrons. The summed E-state index contributed by atoms with van der Waals surface area (Å²) in [6, 6.07) is 13.6. The SMILES string of the molecule is O=C1/C(=C\c2ccccc2)SC(=S)N1c1ccc(F)c(Cl)c1. The molecule has 1 aliphatic heterocycles. The van der Waals surface area contributed by atoms with Crippen molar-refractivity contribution in [2.75, 3.05) is 4.90 Å². The van der Waals surface area contributed by atoms with Crippen LogP contribution >= 0.6 is 35.6 Å². The first kappa shape index (κ1) is 15.2. The Hall–Kier alpha value is -1.69. The molecule has 0 atom stereocenters. The van der Waals surface area contributed by atoms with E-state index in [1.165, 1.54) is 34.9 Å². The average molecular weight is 350 g/mol. The molecule has 0 spiro atoms. The highest BCUT2D eigenvalue weighted by atomic mass is 35.5. The number of amides is 1. The second-order valence-electron chi connectivity index (χ2n) is 4.53. The highest BCUT2D eigenvalue weighted by molar-refractivity contribution is 8.27. The maximum atomic E-state index is 13.3. The summed E-state index contributed by atoms with van der Waals surface area (Å²) in [4.78, 5) is 14.4. The van der Waals surface area contributed by atoms with Crippen molar-refractivity contribution in [2.24, 2.45) is 0 Å². The number of thiocarbonyl (C=S) groups is 1. The van der Waals surface area contributed by atoms with Crippen molar-refractivity contribution in [3.8, 4) is 0 Å². The second-order valence-corrected chi connectivity index (χ2v) is 6.61. The Morgan fingerprint density at radius 1 is 1.18 bits per heavy atom. The summed E-state index contributed by atoms with van der Waals surface area (Å²) in [5.74, 6) is -0.766. The molecule has 1 fully saturated rings. The first-order valence-electron chi connectivity index (χ1n) is 6.34. The van der Waals surface area contributed by atoms with E-state index in [0.29, 0.717) is 14.9 Å². The lowest BCUT2D eigenvalue weighted by atomic mass is 10.2. The first-order valence-corrected chi connectivity index (χ1v) is 7.94. The van der Waals surface area contributed by atoms with Gasteiger partial charge in [0.15, 0.2) is 4.32 Å². The van der Waals surface area contributed by atoms with Gasteiger partial charge in [-0.3, -0.25) is 9.69 Å². The standard InChI is InChI=1S/C16H9ClFNOS2/c17-12-9-11(6-7-13(12)18)19-15(20)14(22-16(19)21)8-10-4-2-1-3-5-10/h1-9H/b14-8+. The first-order chi connectivity index (χ1) is 10.6. The van der Waals surface area contributed by atoms with Gasteiger partial charge >= 0.3 is 0 Å². The van der Waals surface area contributed by atoms with Crippen molar-refractivity contribution in [1.29, 1.82) is 0 Å². The topological polar surface area (TPSA) is 20.3 Å². The van der Waals surface area contributed by atoms with Gasteiger partial charge in [-0.15, -0.1) is 0 Å². The Morgan fingerprint density at radius 2 is 1.91 bits per heavy atom. The van der Waals surface area contributed by atoms with E-state index >= 15 is 0 Å². The number of nitrogens with zero attached hydrogens (tertiary/aromatic N) is 1. The number of halogens is 2. The fraction of sp³-hybridized carbons (Fsp3) is 0. The summed E-state index contributed by atoms with van der Waals surface area (Å²) in [6.45, 7) is 0. The van der Waals surface area contributed by atoms with Gasteiger partial charge in [-0.25, -0.2) is 4.39 Å². The van der Waals surface area contributed by atoms with E-state index in [1.807, 2.05) is 30.3 Å². The van der Waals surface area contributed by atoms with Crippen LogP contribution in [-0.4, -0.2) is 10.2 Å². The molecule has 0 bridgehead atoms. The molecule has 0 N–H and O–H groups in total. The number of carbonyl (C=O) groups is 1. The van der Waals surface area contributed by atoms with Crippen LogP contribution in [0, 0.1) is 5.82 Å². The minimum absolute atomic E-state index is 0.0430. The van der Waals surface area contributed by atoms with Crippen LogP contribution in [0.4, 0.5) is 10.1 Å². The highest BCUT2D eigenvalue weighted by Gasteiger charge is 2.33. The van der Waals surface area contributed by atoms with Gasteiger partial charge in [0, 0.05) is 0 Å². The minimum Gasteiger partial charge on any atom is -0.268 e. The van der Waals surface area contributed by atoms with E-state index in [2.05, 4.69) is 0 Å². The zero-order chi connectivity index (χ0) is 15.7. The third-order valence-corrected chi connectivity index (χ3v) is 4.64. The van der Waals surface area contributed by atoms with E-state index < -0.39 is 5.82 Å². The van der Waals surface area contributed by atoms with Crippen molar-refractivity contribution in [3.63, 3.8) is 0 Å². The number of hydrogen-bond acceptors (Lipinski definition) is 3. The van der Waals surface area contributed by atoms with Gasteiger partial charge in [-0.05, 0) is 29.8 Å². The van der Waals surface area contributed by atoms with Crippen LogP contribution < -0.4 is 4.90 Å². The quantitative estimate of drug-likeness (QED) is 0.569. The Morgan fingerprint density at radius 3 is 2.59 bits per heavy atom. The monoisotopic (exact) mass is 349 g/mol. The summed E-state index contributed by atoms with van der Waals surface area (Å²) in [5, 5.41) is -0.0430. The number of thioether (sulfide) groups is 1. The maximum Gasteiger partial charge on any atom is 0.270 e. The fourth-order valence-corrected chi connectivity index (χ4v) is 3.49. The molecule has 1 heterocycles.